The van der Waals surface area contributed by atoms with E-state index in [2.05, 4.69) is 74.1 Å². The van der Waals surface area contributed by atoms with Crippen molar-refractivity contribution in [1.29, 1.82) is 0 Å². The van der Waals surface area contributed by atoms with E-state index in [1.807, 2.05) is 0 Å². The molecule has 1 aromatic heterocycles. The van der Waals surface area contributed by atoms with E-state index >= 15 is 0 Å². The van der Waals surface area contributed by atoms with Crippen LogP contribution in [0.3, 0.4) is 0 Å². The summed E-state index contributed by atoms with van der Waals surface area (Å²) in [5.74, 6) is -19.0. The van der Waals surface area contributed by atoms with Gasteiger partial charge in [-0.15, -0.1) is 0 Å². The van der Waals surface area contributed by atoms with Crippen LogP contribution in [0.2, 0.25) is 0 Å². The third kappa shape index (κ3) is 30.3. The van der Waals surface area contributed by atoms with Gasteiger partial charge in [0.1, 0.15) is 78.5 Å². The molecule has 35 nitrogen and oxygen atoms in total. The van der Waals surface area contributed by atoms with Crippen LogP contribution in [0.25, 0.3) is 10.9 Å². The SMILES string of the molecule is CC(=O)N[C@@H](C)C(=O)N[C@H]1CSSC[C@@H](C(=O)N[C@@H](C)C(N)=O)NC(=O)[C@H](CO)NC(=O)[C@H](C)NC(=O)[C@H](Cc2c[nH]c3ccccc23)NC(=O)[C@H](CCCCN)NC(=O)[C@H](CC(=O)O)NC(=O)[C@H](CC(C)C)NC(=O)[C@H](CCC(=O)O)NC(=O)[C@H](CC(C)C)NC(=O)[C@H](CC(C)C)NC1=O. The average Bonchev–Trinajstić information content (AvgIpc) is 1.72. The molecule has 0 bridgehead atoms. The second-order valence-corrected chi connectivity index (χ2v) is 28.5. The maximum atomic E-state index is 14.6. The second kappa shape index (κ2) is 42.9. The van der Waals surface area contributed by atoms with Crippen LogP contribution < -0.4 is 80.6 Å². The molecule has 13 atom stereocenters. The number of rotatable bonds is 24. The number of carbonyl (C=O) groups excluding carboxylic acids is 14. The van der Waals surface area contributed by atoms with Crippen LogP contribution >= 0.6 is 21.6 Å². The summed E-state index contributed by atoms with van der Waals surface area (Å²) in [6.45, 7) is 14.1. The summed E-state index contributed by atoms with van der Waals surface area (Å²) in [4.78, 5) is 223. The molecule has 0 unspecified atom stereocenters. The van der Waals surface area contributed by atoms with Crippen LogP contribution in [0.1, 0.15) is 133 Å². The number of nitrogens with two attached hydrogens (primary N) is 2. The van der Waals surface area contributed by atoms with Gasteiger partial charge in [0.2, 0.25) is 82.7 Å². The van der Waals surface area contributed by atoms with E-state index in [4.69, 9.17) is 11.5 Å². The van der Waals surface area contributed by atoms with Gasteiger partial charge >= 0.3 is 11.9 Å². The standard InChI is InChI=1S/C64H100N16O19S2/c1-30(2)21-42-58(93)72-41(18-19-50(83)84)56(91)73-43(22-31(3)4)60(95)77-46(25-51(85)86)61(96)71-40(17-13-14-20-65)55(90)76-45(24-37-26-67-39-16-12-11-15-38(37)39)57(92)70-35(9)54(89)78-47(27-81)62(97)80-48(63(98)69-33(7)52(66)87)28-100-101-29-49(79-53(88)34(8)68-36(10)82)64(99)75-44(23-32(5)6)59(94)74-42/h11-12,15-16,26,30-35,40-49,67,81H,13-14,17-25,27-29,65H2,1-10H3,(H2,66,87)(H,68,82)(H,69,98)(H,70,92)(H,71,96)(H,72,93)(H,73,91)(H,74,94)(H,75,99)(H,76,90)(H,77,95)(H,78,89)(H,79,88)(H,80,97)(H,83,84)(H,85,86)/t33-,34-,35-,40-,41-,42-,43-,44-,45-,46-,47-,48-,49-/m0/s1. The smallest absolute Gasteiger partial charge is 0.305 e. The van der Waals surface area contributed by atoms with Gasteiger partial charge in [-0.05, 0) is 102 Å². The number of carboxylic acids is 2. The molecule has 0 aliphatic carbocycles. The molecule has 1 aromatic carbocycles. The fourth-order valence-electron chi connectivity index (χ4n) is 10.2. The number of aromatic nitrogens is 1. The van der Waals surface area contributed by atoms with Crippen molar-refractivity contribution in [2.45, 2.75) is 212 Å². The Morgan fingerprint density at radius 2 is 1.01 bits per heavy atom. The maximum absolute atomic E-state index is 14.6. The van der Waals surface area contributed by atoms with E-state index in [0.717, 1.165) is 28.5 Å². The maximum Gasteiger partial charge on any atom is 0.305 e. The first kappa shape index (κ1) is 86.1. The highest BCUT2D eigenvalue weighted by Crippen LogP contribution is 2.25. The zero-order valence-electron chi connectivity index (χ0n) is 58.4. The Hall–Kier alpha value is -9.10. The lowest BCUT2D eigenvalue weighted by Gasteiger charge is -2.29. The molecule has 21 N–H and O–H groups in total. The first-order valence-electron chi connectivity index (χ1n) is 33.2. The minimum Gasteiger partial charge on any atom is -0.481 e. The van der Waals surface area contributed by atoms with Crippen LogP contribution in [-0.2, 0) is 83.1 Å². The highest BCUT2D eigenvalue weighted by atomic mass is 33.1. The number of aromatic amines is 1. The zero-order chi connectivity index (χ0) is 76.0. The molecule has 2 aromatic rings. The van der Waals surface area contributed by atoms with Gasteiger partial charge in [0.15, 0.2) is 0 Å². The Morgan fingerprint density at radius 1 is 0.545 bits per heavy atom. The largest absolute Gasteiger partial charge is 0.481 e. The van der Waals surface area contributed by atoms with Crippen molar-refractivity contribution in [1.82, 2.24) is 74.1 Å². The minimum atomic E-state index is -1.97. The summed E-state index contributed by atoms with van der Waals surface area (Å²) in [7, 11) is 1.70. The Kier molecular flexibility index (Phi) is 36.6. The van der Waals surface area contributed by atoms with Crippen molar-refractivity contribution >= 4 is 127 Å². The van der Waals surface area contributed by atoms with Gasteiger partial charge < -0.3 is 101 Å². The quantitative estimate of drug-likeness (QED) is 0.0359. The van der Waals surface area contributed by atoms with Crippen LogP contribution in [0.4, 0.5) is 0 Å². The molecular formula is C64H100N16O19S2. The number of aliphatic carboxylic acids is 2. The molecule has 14 amide bonds. The molecular weight excluding hydrogens is 1360 g/mol. The third-order valence-corrected chi connectivity index (χ3v) is 18.0. The Bertz CT molecular complexity index is 3260. The number of aliphatic hydroxyl groups excluding tert-OH is 1. The minimum absolute atomic E-state index is 0.0862. The lowest BCUT2D eigenvalue weighted by atomic mass is 9.99. The van der Waals surface area contributed by atoms with E-state index in [9.17, 15) is 92.0 Å². The number of aliphatic hydroxyl groups is 1. The summed E-state index contributed by atoms with van der Waals surface area (Å²) in [5.41, 5.74) is 12.3. The second-order valence-electron chi connectivity index (χ2n) is 25.9. The molecule has 37 heteroatoms. The number of amides is 14. The number of unbranched alkanes of at least 4 members (excludes halogenated alkanes) is 1. The van der Waals surface area contributed by atoms with Crippen molar-refractivity contribution in [2.75, 3.05) is 24.7 Å². The number of primary amides is 1. The Morgan fingerprint density at radius 3 is 1.52 bits per heavy atom. The summed E-state index contributed by atoms with van der Waals surface area (Å²) in [6, 6.07) is -13.6. The van der Waals surface area contributed by atoms with Gasteiger partial charge in [0.25, 0.3) is 0 Å². The van der Waals surface area contributed by atoms with Crippen LogP contribution in [0.5, 0.6) is 0 Å². The molecule has 101 heavy (non-hydrogen) atoms. The molecule has 1 aliphatic heterocycles. The molecule has 562 valence electrons. The lowest BCUT2D eigenvalue weighted by molar-refractivity contribution is -0.142. The van der Waals surface area contributed by atoms with Gasteiger partial charge in [-0.2, -0.15) is 0 Å². The van der Waals surface area contributed by atoms with Crippen molar-refractivity contribution < 1.29 is 92.0 Å². The molecule has 0 saturated carbocycles. The highest BCUT2D eigenvalue weighted by molar-refractivity contribution is 8.76. The number of hydrogen-bond donors (Lipinski definition) is 19. The van der Waals surface area contributed by atoms with Gasteiger partial charge in [-0.1, -0.05) is 81.3 Å². The van der Waals surface area contributed by atoms with Gasteiger partial charge in [-0.3, -0.25) is 76.7 Å². The van der Waals surface area contributed by atoms with Gasteiger partial charge in [-0.25, -0.2) is 0 Å². The molecule has 2 heterocycles. The molecule has 1 aliphatic rings. The number of H-pyrrole nitrogens is 1. The van der Waals surface area contributed by atoms with Crippen molar-refractivity contribution in [3.63, 3.8) is 0 Å². The number of carbonyl (C=O) groups is 16. The normalized spacial score (nSPS) is 24.2. The number of benzene rings is 1. The fourth-order valence-corrected chi connectivity index (χ4v) is 12.5. The highest BCUT2D eigenvalue weighted by Gasteiger charge is 2.38. The topological polar surface area (TPSA) is 558 Å². The number of carboxylic acid groups (broad SMARTS) is 2. The molecule has 1 saturated heterocycles. The zero-order valence-corrected chi connectivity index (χ0v) is 60.0. The van der Waals surface area contributed by atoms with Crippen LogP contribution in [0.15, 0.2) is 30.5 Å². The van der Waals surface area contributed by atoms with Crippen molar-refractivity contribution in [3.05, 3.63) is 36.0 Å². The summed E-state index contributed by atoms with van der Waals surface area (Å²) < 4.78 is 0. The number of nitrogens with one attached hydrogen (secondary N) is 14. The predicted molar refractivity (Wildman–Crippen MR) is 371 cm³/mol. The molecule has 1 fully saturated rings. The van der Waals surface area contributed by atoms with Crippen LogP contribution in [-0.4, -0.2) is 218 Å². The van der Waals surface area contributed by atoms with E-state index in [0.29, 0.717) is 22.9 Å². The van der Waals surface area contributed by atoms with E-state index < -0.39 is 211 Å². The van der Waals surface area contributed by atoms with Crippen molar-refractivity contribution in [3.8, 4) is 0 Å². The molecule has 0 spiro atoms. The fraction of sp³-hybridized carbons (Fsp3) is 0.625. The Balaban J connectivity index is 2.30. The number of para-hydroxylation sites is 1. The van der Waals surface area contributed by atoms with E-state index in [-0.39, 0.29) is 62.7 Å². The van der Waals surface area contributed by atoms with Gasteiger partial charge in [0.05, 0.1) is 13.0 Å². The summed E-state index contributed by atoms with van der Waals surface area (Å²) in [5, 5.41) is 63.2. The Labute approximate surface area is 592 Å². The molecule has 3 rings (SSSR count). The summed E-state index contributed by atoms with van der Waals surface area (Å²) >= 11 is 0. The van der Waals surface area contributed by atoms with Crippen molar-refractivity contribution in [2.24, 2.45) is 29.2 Å². The van der Waals surface area contributed by atoms with Gasteiger partial charge in [0, 0.05) is 48.4 Å². The third-order valence-electron chi connectivity index (χ3n) is 15.6. The predicted octanol–water partition coefficient (Wildman–Crippen LogP) is -3.43. The number of fused-ring (bicyclic) bond motifs is 1. The monoisotopic (exact) mass is 1460 g/mol. The molecule has 0 radical (unpaired) electrons. The first-order valence-corrected chi connectivity index (χ1v) is 35.7. The van der Waals surface area contributed by atoms with Crippen LogP contribution in [0, 0.1) is 17.8 Å². The van der Waals surface area contributed by atoms with E-state index in [1.165, 1.54) is 20.8 Å². The number of hydrogen-bond acceptors (Lipinski definition) is 20. The lowest BCUT2D eigenvalue weighted by Crippen LogP contribution is -2.61. The first-order chi connectivity index (χ1) is 47.4. The average molecular weight is 1460 g/mol. The van der Waals surface area contributed by atoms with E-state index in [1.54, 1.807) is 72.0 Å². The summed E-state index contributed by atoms with van der Waals surface area (Å²) in [6.07, 6.45) is -1.20.